The largest absolute Gasteiger partial charge is 0.507 e. The average Bonchev–Trinajstić information content (AvgIpc) is 3.29. The zero-order valence-corrected chi connectivity index (χ0v) is 15.5. The molecular formula is C20H18N4O6. The summed E-state index contributed by atoms with van der Waals surface area (Å²) in [4.78, 5) is 20.9. The van der Waals surface area contributed by atoms with Crippen molar-refractivity contribution in [3.05, 3.63) is 48.4 Å². The SMILES string of the molecule is C#C[C@@]1(OC(=O)c2ccccc2O)[C@H](O)[C@@H](CO)O[C@H]1n1ccc2c(N)ncnc21. The quantitative estimate of drug-likeness (QED) is 0.349. The maximum Gasteiger partial charge on any atom is 0.343 e. The number of phenols is 1. The number of aromatic hydroxyl groups is 1. The highest BCUT2D eigenvalue weighted by Crippen LogP contribution is 2.43. The number of fused-ring (bicyclic) bond motifs is 1. The minimum absolute atomic E-state index is 0.144. The first-order valence-electron chi connectivity index (χ1n) is 8.93. The molecule has 3 aromatic rings. The van der Waals surface area contributed by atoms with Crippen molar-refractivity contribution >= 4 is 22.8 Å². The maximum absolute atomic E-state index is 12.8. The molecule has 154 valence electrons. The van der Waals surface area contributed by atoms with Crippen molar-refractivity contribution in [1.29, 1.82) is 0 Å². The van der Waals surface area contributed by atoms with Crippen molar-refractivity contribution in [2.75, 3.05) is 12.3 Å². The Morgan fingerprint density at radius 3 is 2.83 bits per heavy atom. The van der Waals surface area contributed by atoms with Gasteiger partial charge in [-0.15, -0.1) is 6.42 Å². The molecule has 2 aromatic heterocycles. The van der Waals surface area contributed by atoms with Crippen LogP contribution >= 0.6 is 0 Å². The van der Waals surface area contributed by atoms with Gasteiger partial charge in [-0.3, -0.25) is 0 Å². The van der Waals surface area contributed by atoms with Gasteiger partial charge >= 0.3 is 5.97 Å². The summed E-state index contributed by atoms with van der Waals surface area (Å²) in [5.41, 5.74) is 4.03. The molecule has 4 rings (SSSR count). The highest BCUT2D eigenvalue weighted by Gasteiger charge is 2.60. The predicted molar refractivity (Wildman–Crippen MR) is 104 cm³/mol. The third kappa shape index (κ3) is 2.84. The van der Waals surface area contributed by atoms with E-state index in [1.54, 1.807) is 12.3 Å². The molecule has 4 atom stereocenters. The normalized spacial score (nSPS) is 25.8. The summed E-state index contributed by atoms with van der Waals surface area (Å²) < 4.78 is 12.8. The van der Waals surface area contributed by atoms with Gasteiger partial charge in [0.2, 0.25) is 5.60 Å². The van der Waals surface area contributed by atoms with E-state index >= 15 is 0 Å². The molecule has 0 amide bonds. The molecule has 5 N–H and O–H groups in total. The topological polar surface area (TPSA) is 153 Å². The smallest absolute Gasteiger partial charge is 0.343 e. The number of anilines is 1. The summed E-state index contributed by atoms with van der Waals surface area (Å²) in [5, 5.41) is 30.9. The standard InChI is InChI=1S/C20H18N4O6/c1-2-20(30-18(28)11-5-3-4-6-13(11)26)15(27)14(9-25)29-19(20)24-8-7-12-16(21)22-10-23-17(12)24/h1,3-8,10,14-15,19,25-27H,9H2,(H2,21,22,23)/t14-,15-,19-,20-/m1/s1. The molecule has 0 aliphatic carbocycles. The van der Waals surface area contributed by atoms with Crippen LogP contribution in [-0.4, -0.2) is 60.2 Å². The second-order valence-electron chi connectivity index (χ2n) is 6.72. The molecule has 10 heteroatoms. The van der Waals surface area contributed by atoms with E-state index in [0.717, 1.165) is 0 Å². The average molecular weight is 410 g/mol. The highest BCUT2D eigenvalue weighted by atomic mass is 16.6. The van der Waals surface area contributed by atoms with Crippen LogP contribution in [0.25, 0.3) is 11.0 Å². The van der Waals surface area contributed by atoms with Crippen molar-refractivity contribution in [3.8, 4) is 18.1 Å². The molecule has 0 spiro atoms. The number of phenolic OH excluding ortho intramolecular Hbond substituents is 1. The van der Waals surface area contributed by atoms with E-state index in [0.29, 0.717) is 11.0 Å². The number of nitrogens with zero attached hydrogens (tertiary/aromatic N) is 3. The molecule has 3 heterocycles. The number of nitrogens with two attached hydrogens (primary N) is 1. The summed E-state index contributed by atoms with van der Waals surface area (Å²) in [6.07, 6.45) is 4.58. The zero-order chi connectivity index (χ0) is 21.5. The van der Waals surface area contributed by atoms with Crippen LogP contribution in [-0.2, 0) is 9.47 Å². The first-order valence-corrected chi connectivity index (χ1v) is 8.93. The Bertz CT molecular complexity index is 1160. The van der Waals surface area contributed by atoms with Gasteiger partial charge in [0.15, 0.2) is 6.23 Å². The predicted octanol–water partition coefficient (Wildman–Crippen LogP) is 0.199. The third-order valence-electron chi connectivity index (χ3n) is 5.05. The van der Waals surface area contributed by atoms with Crippen LogP contribution in [0.1, 0.15) is 16.6 Å². The van der Waals surface area contributed by atoms with E-state index in [1.165, 1.54) is 35.2 Å². The van der Waals surface area contributed by atoms with Gasteiger partial charge in [-0.2, -0.15) is 0 Å². The van der Waals surface area contributed by atoms with Gasteiger partial charge in [0.25, 0.3) is 0 Å². The van der Waals surface area contributed by atoms with Gasteiger partial charge in [-0.25, -0.2) is 14.8 Å². The molecule has 0 saturated carbocycles. The van der Waals surface area contributed by atoms with Crippen molar-refractivity contribution < 1.29 is 29.6 Å². The Balaban J connectivity index is 1.82. The van der Waals surface area contributed by atoms with Crippen molar-refractivity contribution in [1.82, 2.24) is 14.5 Å². The van der Waals surface area contributed by atoms with Crippen LogP contribution in [0.15, 0.2) is 42.9 Å². The lowest BCUT2D eigenvalue weighted by molar-refractivity contribution is -0.0840. The van der Waals surface area contributed by atoms with E-state index in [2.05, 4.69) is 15.9 Å². The van der Waals surface area contributed by atoms with Crippen LogP contribution < -0.4 is 5.73 Å². The summed E-state index contributed by atoms with van der Waals surface area (Å²) in [6.45, 7) is -0.578. The first kappa shape index (κ1) is 19.7. The number of hydrogen-bond donors (Lipinski definition) is 4. The maximum atomic E-state index is 12.8. The van der Waals surface area contributed by atoms with Crippen LogP contribution in [0, 0.1) is 12.3 Å². The van der Waals surface area contributed by atoms with Crippen LogP contribution in [0.4, 0.5) is 5.82 Å². The Labute approximate surface area is 170 Å². The fourth-order valence-electron chi connectivity index (χ4n) is 3.51. The molecular weight excluding hydrogens is 392 g/mol. The molecule has 1 fully saturated rings. The lowest BCUT2D eigenvalue weighted by atomic mass is 9.94. The molecule has 1 aromatic carbocycles. The van der Waals surface area contributed by atoms with Crippen LogP contribution in [0.5, 0.6) is 5.75 Å². The molecule has 0 unspecified atom stereocenters. The van der Waals surface area contributed by atoms with E-state index < -0.39 is 36.6 Å². The van der Waals surface area contributed by atoms with Crippen LogP contribution in [0.3, 0.4) is 0 Å². The Morgan fingerprint density at radius 1 is 1.37 bits per heavy atom. The van der Waals surface area contributed by atoms with Crippen molar-refractivity contribution in [2.45, 2.75) is 24.0 Å². The molecule has 0 radical (unpaired) electrons. The number of para-hydroxylation sites is 1. The molecule has 10 nitrogen and oxygen atoms in total. The van der Waals surface area contributed by atoms with E-state index in [9.17, 15) is 20.1 Å². The van der Waals surface area contributed by atoms with Gasteiger partial charge in [0.05, 0.1) is 12.0 Å². The number of nitrogen functional groups attached to an aromatic ring is 1. The molecule has 1 aliphatic heterocycles. The number of carbonyl (C=O) groups is 1. The lowest BCUT2D eigenvalue weighted by Gasteiger charge is -2.32. The lowest BCUT2D eigenvalue weighted by Crippen LogP contribution is -2.49. The number of aliphatic hydroxyl groups is 2. The number of terminal acetylenes is 1. The second-order valence-corrected chi connectivity index (χ2v) is 6.72. The summed E-state index contributed by atoms with van der Waals surface area (Å²) in [5.74, 6) is 1.26. The minimum Gasteiger partial charge on any atom is -0.507 e. The Morgan fingerprint density at radius 2 is 2.13 bits per heavy atom. The van der Waals surface area contributed by atoms with Gasteiger partial charge in [0.1, 0.15) is 41.3 Å². The van der Waals surface area contributed by atoms with Crippen molar-refractivity contribution in [2.24, 2.45) is 0 Å². The number of aliphatic hydroxyl groups excluding tert-OH is 2. The van der Waals surface area contributed by atoms with Crippen molar-refractivity contribution in [3.63, 3.8) is 0 Å². The fraction of sp³-hybridized carbons (Fsp3) is 0.250. The number of rotatable bonds is 4. The zero-order valence-electron chi connectivity index (χ0n) is 15.5. The highest BCUT2D eigenvalue weighted by molar-refractivity contribution is 5.93. The molecule has 1 aliphatic rings. The van der Waals surface area contributed by atoms with Gasteiger partial charge < -0.3 is 35.1 Å². The number of ether oxygens (including phenoxy) is 2. The van der Waals surface area contributed by atoms with Gasteiger partial charge in [-0.05, 0) is 18.2 Å². The fourth-order valence-corrected chi connectivity index (χ4v) is 3.51. The third-order valence-corrected chi connectivity index (χ3v) is 5.05. The van der Waals surface area contributed by atoms with E-state index in [1.807, 2.05) is 0 Å². The molecule has 30 heavy (non-hydrogen) atoms. The van der Waals surface area contributed by atoms with Gasteiger partial charge in [-0.1, -0.05) is 18.1 Å². The van der Waals surface area contributed by atoms with Crippen LogP contribution in [0.2, 0.25) is 0 Å². The Hall–Kier alpha value is -3.65. The van der Waals surface area contributed by atoms with E-state index in [-0.39, 0.29) is 17.1 Å². The summed E-state index contributed by atoms with van der Waals surface area (Å²) >= 11 is 0. The first-order chi connectivity index (χ1) is 14.4. The number of hydrogen-bond acceptors (Lipinski definition) is 9. The number of carbonyl (C=O) groups excluding carboxylic acids is 1. The summed E-state index contributed by atoms with van der Waals surface area (Å²) in [7, 11) is 0. The minimum atomic E-state index is -2.03. The Kier molecular flexibility index (Phi) is 4.79. The number of benzene rings is 1. The monoisotopic (exact) mass is 410 g/mol. The molecule has 0 bridgehead atoms. The molecule has 1 saturated heterocycles. The second kappa shape index (κ2) is 7.31. The van der Waals surface area contributed by atoms with Gasteiger partial charge in [0, 0.05) is 6.20 Å². The van der Waals surface area contributed by atoms with E-state index in [4.69, 9.17) is 21.6 Å². The number of aromatic nitrogens is 3. The number of esters is 1. The summed E-state index contributed by atoms with van der Waals surface area (Å²) in [6, 6.07) is 7.36.